The Balaban J connectivity index is 1.68. The summed E-state index contributed by atoms with van der Waals surface area (Å²) in [5, 5.41) is 0. The molecular formula is C18H14BrNO3. The van der Waals surface area contributed by atoms with Gasteiger partial charge in [-0.3, -0.25) is 9.69 Å². The van der Waals surface area contributed by atoms with Crippen molar-refractivity contribution in [3.63, 3.8) is 0 Å². The highest BCUT2D eigenvalue weighted by molar-refractivity contribution is 9.10. The van der Waals surface area contributed by atoms with Crippen LogP contribution in [0.15, 0.2) is 70.9 Å². The molecule has 2 aromatic carbocycles. The van der Waals surface area contributed by atoms with E-state index < -0.39 is 6.09 Å². The highest BCUT2D eigenvalue weighted by Crippen LogP contribution is 2.19. The highest BCUT2D eigenvalue weighted by Gasteiger charge is 2.27. The van der Waals surface area contributed by atoms with Crippen molar-refractivity contribution in [1.82, 2.24) is 4.90 Å². The SMILES string of the molecule is O=C(/C=C1\CN(Cc2ccc(Br)cc2)C(=O)O1)c1ccccc1. The molecule has 3 rings (SSSR count). The lowest BCUT2D eigenvalue weighted by molar-refractivity contribution is 0.104. The van der Waals surface area contributed by atoms with Crippen LogP contribution in [0.3, 0.4) is 0 Å². The predicted octanol–water partition coefficient (Wildman–Crippen LogP) is 4.17. The maximum absolute atomic E-state index is 12.1. The molecule has 0 bridgehead atoms. The lowest BCUT2D eigenvalue weighted by Crippen LogP contribution is -2.23. The van der Waals surface area contributed by atoms with Crippen LogP contribution < -0.4 is 0 Å². The van der Waals surface area contributed by atoms with Crippen molar-refractivity contribution < 1.29 is 14.3 Å². The van der Waals surface area contributed by atoms with Gasteiger partial charge in [0, 0.05) is 22.7 Å². The molecule has 0 N–H and O–H groups in total. The van der Waals surface area contributed by atoms with Gasteiger partial charge >= 0.3 is 6.09 Å². The van der Waals surface area contributed by atoms with Crippen LogP contribution in [-0.2, 0) is 11.3 Å². The topological polar surface area (TPSA) is 46.6 Å². The summed E-state index contributed by atoms with van der Waals surface area (Å²) in [5.41, 5.74) is 1.57. The Morgan fingerprint density at radius 1 is 1.13 bits per heavy atom. The van der Waals surface area contributed by atoms with Crippen LogP contribution in [0.25, 0.3) is 0 Å². The molecule has 1 heterocycles. The van der Waals surface area contributed by atoms with Gasteiger partial charge in [-0.05, 0) is 17.7 Å². The van der Waals surface area contributed by atoms with E-state index >= 15 is 0 Å². The fourth-order valence-electron chi connectivity index (χ4n) is 2.30. The number of ketones is 1. The Morgan fingerprint density at radius 3 is 2.52 bits per heavy atom. The number of hydrogen-bond donors (Lipinski definition) is 0. The second-order valence-corrected chi connectivity index (χ2v) is 6.11. The van der Waals surface area contributed by atoms with Gasteiger partial charge in [-0.25, -0.2) is 4.79 Å². The van der Waals surface area contributed by atoms with Crippen LogP contribution in [0.5, 0.6) is 0 Å². The third-order valence-corrected chi connectivity index (χ3v) is 3.99. The molecule has 2 aromatic rings. The molecule has 0 spiro atoms. The summed E-state index contributed by atoms with van der Waals surface area (Å²) in [7, 11) is 0. The maximum atomic E-state index is 12.1. The lowest BCUT2D eigenvalue weighted by atomic mass is 10.1. The molecule has 1 fully saturated rings. The van der Waals surface area contributed by atoms with E-state index in [-0.39, 0.29) is 5.78 Å². The minimum absolute atomic E-state index is 0.168. The minimum Gasteiger partial charge on any atom is -0.413 e. The molecule has 1 aliphatic rings. The minimum atomic E-state index is -0.431. The van der Waals surface area contributed by atoms with E-state index in [0.717, 1.165) is 10.0 Å². The van der Waals surface area contributed by atoms with Gasteiger partial charge in [0.15, 0.2) is 5.78 Å². The average Bonchev–Trinajstić information content (AvgIpc) is 2.90. The molecule has 0 saturated carbocycles. The summed E-state index contributed by atoms with van der Waals surface area (Å²) < 4.78 is 6.17. The number of hydrogen-bond acceptors (Lipinski definition) is 3. The van der Waals surface area contributed by atoms with E-state index in [1.807, 2.05) is 30.3 Å². The van der Waals surface area contributed by atoms with E-state index in [1.54, 1.807) is 29.2 Å². The summed E-state index contributed by atoms with van der Waals surface area (Å²) in [6.45, 7) is 0.746. The van der Waals surface area contributed by atoms with Gasteiger partial charge in [0.2, 0.25) is 0 Å². The Hall–Kier alpha value is -2.40. The van der Waals surface area contributed by atoms with Gasteiger partial charge in [-0.2, -0.15) is 0 Å². The molecule has 0 aromatic heterocycles. The van der Waals surface area contributed by atoms with E-state index in [0.29, 0.717) is 24.4 Å². The van der Waals surface area contributed by atoms with Gasteiger partial charge in [-0.15, -0.1) is 0 Å². The van der Waals surface area contributed by atoms with Crippen molar-refractivity contribution in [3.05, 3.63) is 82.0 Å². The normalized spacial score (nSPS) is 15.8. The molecule has 1 amide bonds. The molecule has 23 heavy (non-hydrogen) atoms. The largest absolute Gasteiger partial charge is 0.415 e. The molecule has 1 aliphatic heterocycles. The van der Waals surface area contributed by atoms with E-state index in [1.165, 1.54) is 6.08 Å². The zero-order chi connectivity index (χ0) is 16.2. The summed E-state index contributed by atoms with van der Waals surface area (Å²) in [5.74, 6) is 0.208. The third-order valence-electron chi connectivity index (χ3n) is 3.46. The number of nitrogens with zero attached hydrogens (tertiary/aromatic N) is 1. The van der Waals surface area contributed by atoms with E-state index in [4.69, 9.17) is 4.74 Å². The molecule has 0 radical (unpaired) electrons. The number of ether oxygens (including phenoxy) is 1. The molecular weight excluding hydrogens is 358 g/mol. The third kappa shape index (κ3) is 3.87. The van der Waals surface area contributed by atoms with Crippen LogP contribution in [0.1, 0.15) is 15.9 Å². The van der Waals surface area contributed by atoms with Crippen molar-refractivity contribution in [3.8, 4) is 0 Å². The Bertz CT molecular complexity index is 754. The van der Waals surface area contributed by atoms with Crippen molar-refractivity contribution in [2.24, 2.45) is 0 Å². The first-order valence-electron chi connectivity index (χ1n) is 7.13. The number of allylic oxidation sites excluding steroid dienone is 1. The first kappa shape index (κ1) is 15.5. The molecule has 5 heteroatoms. The molecule has 0 atom stereocenters. The zero-order valence-corrected chi connectivity index (χ0v) is 13.8. The zero-order valence-electron chi connectivity index (χ0n) is 12.2. The van der Waals surface area contributed by atoms with Crippen molar-refractivity contribution >= 4 is 27.8 Å². The van der Waals surface area contributed by atoms with Gasteiger partial charge in [0.05, 0.1) is 6.54 Å². The second kappa shape index (κ2) is 6.79. The number of carbonyl (C=O) groups excluding carboxylic acids is 2. The number of benzene rings is 2. The summed E-state index contributed by atoms with van der Waals surface area (Å²) >= 11 is 3.38. The van der Waals surface area contributed by atoms with Gasteiger partial charge < -0.3 is 4.74 Å². The van der Waals surface area contributed by atoms with Gasteiger partial charge in [0.25, 0.3) is 0 Å². The highest BCUT2D eigenvalue weighted by atomic mass is 79.9. The first-order chi connectivity index (χ1) is 11.1. The van der Waals surface area contributed by atoms with Crippen LogP contribution in [-0.4, -0.2) is 23.3 Å². The fraction of sp³-hybridized carbons (Fsp3) is 0.111. The first-order valence-corrected chi connectivity index (χ1v) is 7.92. The summed E-state index contributed by atoms with van der Waals surface area (Å²) in [6.07, 6.45) is 0.953. The molecule has 0 unspecified atom stereocenters. The van der Waals surface area contributed by atoms with E-state index in [9.17, 15) is 9.59 Å². The standard InChI is InChI=1S/C18H14BrNO3/c19-15-8-6-13(7-9-15)11-20-12-16(23-18(20)22)10-17(21)14-4-2-1-3-5-14/h1-10H,11-12H2/b16-10+. The number of cyclic esters (lactones) is 1. The van der Waals surface area contributed by atoms with Crippen LogP contribution in [0.2, 0.25) is 0 Å². The van der Waals surface area contributed by atoms with Crippen LogP contribution >= 0.6 is 15.9 Å². The Morgan fingerprint density at radius 2 is 1.83 bits per heavy atom. The molecule has 116 valence electrons. The lowest BCUT2D eigenvalue weighted by Gasteiger charge is -2.11. The number of amides is 1. The molecule has 1 saturated heterocycles. The number of rotatable bonds is 4. The van der Waals surface area contributed by atoms with Gasteiger partial charge in [0.1, 0.15) is 5.76 Å². The summed E-state index contributed by atoms with van der Waals surface area (Å²) in [4.78, 5) is 25.6. The Kier molecular flexibility index (Phi) is 4.57. The maximum Gasteiger partial charge on any atom is 0.415 e. The van der Waals surface area contributed by atoms with Crippen LogP contribution in [0.4, 0.5) is 4.79 Å². The van der Waals surface area contributed by atoms with Crippen molar-refractivity contribution in [1.29, 1.82) is 0 Å². The van der Waals surface area contributed by atoms with Crippen molar-refractivity contribution in [2.45, 2.75) is 6.54 Å². The second-order valence-electron chi connectivity index (χ2n) is 5.19. The Labute approximate surface area is 142 Å². The molecule has 4 nitrogen and oxygen atoms in total. The average molecular weight is 372 g/mol. The predicted molar refractivity (Wildman–Crippen MR) is 89.9 cm³/mol. The van der Waals surface area contributed by atoms with Crippen molar-refractivity contribution in [2.75, 3.05) is 6.54 Å². The van der Waals surface area contributed by atoms with E-state index in [2.05, 4.69) is 15.9 Å². The smallest absolute Gasteiger partial charge is 0.413 e. The number of halogens is 1. The molecule has 0 aliphatic carbocycles. The number of carbonyl (C=O) groups is 2. The monoisotopic (exact) mass is 371 g/mol. The van der Waals surface area contributed by atoms with Crippen LogP contribution in [0, 0.1) is 0 Å². The fourth-order valence-corrected chi connectivity index (χ4v) is 2.56. The van der Waals surface area contributed by atoms with Gasteiger partial charge in [-0.1, -0.05) is 58.4 Å². The quantitative estimate of drug-likeness (QED) is 0.598. The summed E-state index contributed by atoms with van der Waals surface area (Å²) in [6, 6.07) is 16.6.